The molecule has 5 heteroatoms. The number of aliphatic carboxylic acids is 1. The molecule has 0 bridgehead atoms. The van der Waals surface area contributed by atoms with Crippen LogP contribution in [0.4, 0.5) is 4.79 Å². The van der Waals surface area contributed by atoms with Gasteiger partial charge in [0.1, 0.15) is 0 Å². The van der Waals surface area contributed by atoms with E-state index in [1.807, 2.05) is 13.8 Å². The van der Waals surface area contributed by atoms with Gasteiger partial charge in [-0.3, -0.25) is 4.79 Å². The molecule has 1 aliphatic rings. The third-order valence-electron chi connectivity index (χ3n) is 3.53. The first-order valence-electron chi connectivity index (χ1n) is 6.86. The third kappa shape index (κ3) is 4.93. The van der Waals surface area contributed by atoms with E-state index in [-0.39, 0.29) is 18.0 Å². The Kier molecular flexibility index (Phi) is 5.86. The molecule has 0 saturated heterocycles. The molecule has 0 aromatic rings. The van der Waals surface area contributed by atoms with Crippen LogP contribution >= 0.6 is 0 Å². The first-order chi connectivity index (χ1) is 8.93. The van der Waals surface area contributed by atoms with E-state index in [0.717, 1.165) is 18.4 Å². The van der Waals surface area contributed by atoms with Crippen LogP contribution in [0.2, 0.25) is 0 Å². The molecule has 19 heavy (non-hydrogen) atoms. The lowest BCUT2D eigenvalue weighted by atomic mass is 9.86. The number of nitrogens with one attached hydrogen (secondary N) is 1. The first-order valence-corrected chi connectivity index (χ1v) is 6.86. The maximum Gasteiger partial charge on any atom is 0.317 e. The normalized spacial score (nSPS) is 22.6. The summed E-state index contributed by atoms with van der Waals surface area (Å²) < 4.78 is 0. The third-order valence-corrected chi connectivity index (χ3v) is 3.53. The van der Waals surface area contributed by atoms with E-state index in [0.29, 0.717) is 25.9 Å². The van der Waals surface area contributed by atoms with Gasteiger partial charge in [-0.15, -0.1) is 0 Å². The van der Waals surface area contributed by atoms with Crippen LogP contribution < -0.4 is 5.32 Å². The molecule has 1 rings (SSSR count). The fourth-order valence-electron chi connectivity index (χ4n) is 2.40. The summed E-state index contributed by atoms with van der Waals surface area (Å²) in [5.74, 6) is -0.965. The van der Waals surface area contributed by atoms with E-state index in [4.69, 9.17) is 5.11 Å². The summed E-state index contributed by atoms with van der Waals surface area (Å²) in [6.45, 7) is 8.85. The van der Waals surface area contributed by atoms with Crippen LogP contribution in [0.5, 0.6) is 0 Å². The number of hydrogen-bond donors (Lipinski definition) is 2. The van der Waals surface area contributed by atoms with Crippen molar-refractivity contribution in [2.45, 2.75) is 45.6 Å². The molecule has 5 nitrogen and oxygen atoms in total. The van der Waals surface area contributed by atoms with Crippen molar-refractivity contribution in [3.05, 3.63) is 12.2 Å². The molecule has 0 spiro atoms. The second-order valence-electron chi connectivity index (χ2n) is 5.31. The van der Waals surface area contributed by atoms with Gasteiger partial charge in [0, 0.05) is 19.1 Å². The monoisotopic (exact) mass is 268 g/mol. The van der Waals surface area contributed by atoms with E-state index < -0.39 is 5.97 Å². The van der Waals surface area contributed by atoms with E-state index in [9.17, 15) is 9.59 Å². The van der Waals surface area contributed by atoms with E-state index in [1.54, 1.807) is 4.90 Å². The number of carboxylic acids is 1. The Bertz CT molecular complexity index is 347. The number of hydrogen-bond acceptors (Lipinski definition) is 2. The van der Waals surface area contributed by atoms with Gasteiger partial charge in [-0.05, 0) is 39.5 Å². The van der Waals surface area contributed by atoms with Gasteiger partial charge >= 0.3 is 12.0 Å². The number of nitrogens with zero attached hydrogens (tertiary/aromatic N) is 1. The molecule has 0 aromatic carbocycles. The molecule has 0 unspecified atom stereocenters. The number of amides is 2. The molecule has 0 aliphatic heterocycles. The molecule has 1 fully saturated rings. The second kappa shape index (κ2) is 7.16. The topological polar surface area (TPSA) is 69.6 Å². The predicted molar refractivity (Wildman–Crippen MR) is 74.0 cm³/mol. The van der Waals surface area contributed by atoms with Gasteiger partial charge < -0.3 is 15.3 Å². The Morgan fingerprint density at radius 3 is 2.32 bits per heavy atom. The zero-order chi connectivity index (χ0) is 14.4. The molecule has 0 radical (unpaired) electrons. The molecule has 0 aromatic heterocycles. The highest BCUT2D eigenvalue weighted by Crippen LogP contribution is 2.24. The van der Waals surface area contributed by atoms with Crippen molar-refractivity contribution in [2.75, 3.05) is 13.1 Å². The van der Waals surface area contributed by atoms with E-state index >= 15 is 0 Å². The summed E-state index contributed by atoms with van der Waals surface area (Å²) in [4.78, 5) is 24.6. The zero-order valence-electron chi connectivity index (χ0n) is 11.8. The fraction of sp³-hybridized carbons (Fsp3) is 0.714. The Labute approximate surface area is 114 Å². The number of urea groups is 1. The summed E-state index contributed by atoms with van der Waals surface area (Å²) in [5, 5.41) is 11.9. The Morgan fingerprint density at radius 2 is 1.89 bits per heavy atom. The zero-order valence-corrected chi connectivity index (χ0v) is 11.8. The van der Waals surface area contributed by atoms with Gasteiger partial charge in [-0.2, -0.15) is 0 Å². The number of likely N-dealkylation sites (N-methyl/N-ethyl adjacent to an activating group) is 1. The molecule has 2 amide bonds. The number of carbonyl (C=O) groups excluding carboxylic acids is 1. The minimum absolute atomic E-state index is 0.0794. The molecule has 0 heterocycles. The maximum absolute atomic E-state index is 12.1. The smallest absolute Gasteiger partial charge is 0.317 e. The van der Waals surface area contributed by atoms with Crippen LogP contribution in [-0.4, -0.2) is 41.1 Å². The summed E-state index contributed by atoms with van der Waals surface area (Å²) in [6, 6.07) is 0.0200. The van der Waals surface area contributed by atoms with Crippen molar-refractivity contribution < 1.29 is 14.7 Å². The lowest BCUT2D eigenvalue weighted by molar-refractivity contribution is -0.142. The van der Waals surface area contributed by atoms with Gasteiger partial charge in [0.25, 0.3) is 0 Å². The van der Waals surface area contributed by atoms with Gasteiger partial charge in [0.05, 0.1) is 5.92 Å². The van der Waals surface area contributed by atoms with Gasteiger partial charge in [0.2, 0.25) is 0 Å². The highest BCUT2D eigenvalue weighted by atomic mass is 16.4. The van der Waals surface area contributed by atoms with Crippen LogP contribution in [-0.2, 0) is 4.79 Å². The summed E-state index contributed by atoms with van der Waals surface area (Å²) >= 11 is 0. The average molecular weight is 268 g/mol. The SMILES string of the molecule is C=C(C)CN(CC)C(=O)NC1CCC(C(=O)O)CC1. The summed E-state index contributed by atoms with van der Waals surface area (Å²) in [7, 11) is 0. The molecule has 2 N–H and O–H groups in total. The lowest BCUT2D eigenvalue weighted by Gasteiger charge is -2.29. The quantitative estimate of drug-likeness (QED) is 0.751. The fourth-order valence-corrected chi connectivity index (χ4v) is 2.40. The van der Waals surface area contributed by atoms with Gasteiger partial charge in [-0.1, -0.05) is 12.2 Å². The minimum Gasteiger partial charge on any atom is -0.481 e. The highest BCUT2D eigenvalue weighted by Gasteiger charge is 2.27. The molecule has 108 valence electrons. The first kappa shape index (κ1) is 15.5. The summed E-state index contributed by atoms with van der Waals surface area (Å²) in [6.07, 6.45) is 2.78. The van der Waals surface area contributed by atoms with Crippen LogP contribution in [0.1, 0.15) is 39.5 Å². The molecule has 1 aliphatic carbocycles. The Morgan fingerprint density at radius 1 is 1.32 bits per heavy atom. The number of carboxylic acid groups (broad SMARTS) is 1. The minimum atomic E-state index is -0.720. The second-order valence-corrected chi connectivity index (χ2v) is 5.31. The average Bonchev–Trinajstić information content (AvgIpc) is 2.36. The highest BCUT2D eigenvalue weighted by molar-refractivity contribution is 5.75. The van der Waals surface area contributed by atoms with Crippen molar-refractivity contribution in [3.63, 3.8) is 0 Å². The molecule has 1 saturated carbocycles. The van der Waals surface area contributed by atoms with Crippen molar-refractivity contribution >= 4 is 12.0 Å². The van der Waals surface area contributed by atoms with E-state index in [2.05, 4.69) is 11.9 Å². The van der Waals surface area contributed by atoms with Crippen molar-refractivity contribution in [3.8, 4) is 0 Å². The lowest BCUT2D eigenvalue weighted by Crippen LogP contribution is -2.46. The Hall–Kier alpha value is -1.52. The van der Waals surface area contributed by atoms with Crippen LogP contribution in [0.25, 0.3) is 0 Å². The maximum atomic E-state index is 12.1. The van der Waals surface area contributed by atoms with Gasteiger partial charge in [-0.25, -0.2) is 4.79 Å². The Balaban J connectivity index is 2.41. The molecular formula is C14H24N2O3. The predicted octanol–water partition coefficient (Wildman–Crippen LogP) is 2.24. The van der Waals surface area contributed by atoms with E-state index in [1.165, 1.54) is 0 Å². The van der Waals surface area contributed by atoms with Crippen LogP contribution in [0, 0.1) is 5.92 Å². The van der Waals surface area contributed by atoms with Crippen molar-refractivity contribution in [1.82, 2.24) is 10.2 Å². The largest absolute Gasteiger partial charge is 0.481 e. The number of carbonyl (C=O) groups is 2. The standard InChI is InChI=1S/C14H24N2O3/c1-4-16(9-10(2)3)14(19)15-12-7-5-11(6-8-12)13(17)18/h11-12H,2,4-9H2,1,3H3,(H,15,19)(H,17,18). The molecule has 0 atom stereocenters. The van der Waals surface area contributed by atoms with Crippen molar-refractivity contribution in [2.24, 2.45) is 5.92 Å². The number of rotatable bonds is 5. The van der Waals surface area contributed by atoms with Crippen LogP contribution in [0.15, 0.2) is 12.2 Å². The van der Waals surface area contributed by atoms with Crippen molar-refractivity contribution in [1.29, 1.82) is 0 Å². The molecular weight excluding hydrogens is 244 g/mol. The summed E-state index contributed by atoms with van der Waals surface area (Å²) in [5.41, 5.74) is 0.951. The van der Waals surface area contributed by atoms with Gasteiger partial charge in [0.15, 0.2) is 0 Å². The van der Waals surface area contributed by atoms with Crippen LogP contribution in [0.3, 0.4) is 0 Å².